The Hall–Kier alpha value is -2.53. The number of hydrogen-bond donors (Lipinski definition) is 10. The molecule has 123 heavy (non-hydrogen) atoms. The van der Waals surface area contributed by atoms with Crippen LogP contribution < -0.4 is 0 Å². The second-order valence-corrected chi connectivity index (χ2v) is 38.0. The number of phosphoric acid groups is 1. The molecule has 25 nitrogen and oxygen atoms in total. The molecule has 26 heteroatoms. The number of rotatable bonds is 83. The lowest BCUT2D eigenvalue weighted by Crippen LogP contribution is -2.70. The molecule has 0 amide bonds. The number of phosphoric ester groups is 1. The average molecular weight is 1780 g/mol. The van der Waals surface area contributed by atoms with Gasteiger partial charge in [0.25, 0.3) is 0 Å². The van der Waals surface area contributed by atoms with Crippen LogP contribution in [-0.4, -0.2) is 205 Å². The third-order valence-electron chi connectivity index (χ3n) is 25.3. The third-order valence-corrected chi connectivity index (χ3v) is 26.2. The first-order valence-electron chi connectivity index (χ1n) is 50.7. The van der Waals surface area contributed by atoms with E-state index >= 15 is 0 Å². The van der Waals surface area contributed by atoms with Crippen molar-refractivity contribution in [3.63, 3.8) is 0 Å². The van der Waals surface area contributed by atoms with Crippen LogP contribution in [0.4, 0.5) is 0 Å². The Morgan fingerprint density at radius 3 is 0.967 bits per heavy atom. The predicted octanol–water partition coefficient (Wildman–Crippen LogP) is 20.0. The maximum Gasteiger partial charge on any atom is 0.472 e. The first-order valence-corrected chi connectivity index (χ1v) is 52.2. The van der Waals surface area contributed by atoms with Crippen LogP contribution >= 0.6 is 7.82 Å². The molecular weight excluding hydrogens is 1600 g/mol. The van der Waals surface area contributed by atoms with Crippen molar-refractivity contribution in [2.24, 2.45) is 5.92 Å². The Morgan fingerprint density at radius 2 is 0.610 bits per heavy atom. The molecule has 2 heterocycles. The molecule has 19 unspecified atom stereocenters. The molecule has 3 fully saturated rings. The zero-order chi connectivity index (χ0) is 89.8. The van der Waals surface area contributed by atoms with E-state index < -0.39 is 162 Å². The van der Waals surface area contributed by atoms with Gasteiger partial charge in [0.15, 0.2) is 24.8 Å². The van der Waals surface area contributed by atoms with Crippen molar-refractivity contribution in [2.75, 3.05) is 26.4 Å². The quantitative estimate of drug-likeness (QED) is 0.0117. The summed E-state index contributed by atoms with van der Waals surface area (Å²) >= 11 is 0. The van der Waals surface area contributed by atoms with Gasteiger partial charge < -0.3 is 88.7 Å². The van der Waals surface area contributed by atoms with E-state index in [-0.39, 0.29) is 25.7 Å². The van der Waals surface area contributed by atoms with Crippen molar-refractivity contribution in [2.45, 2.75) is 563 Å². The molecule has 726 valence electrons. The van der Waals surface area contributed by atoms with E-state index in [4.69, 9.17) is 46.9 Å². The first kappa shape index (κ1) is 115. The van der Waals surface area contributed by atoms with E-state index in [1.807, 2.05) is 0 Å². The number of aliphatic hydroxyl groups is 9. The number of hydrogen-bond acceptors (Lipinski definition) is 24. The van der Waals surface area contributed by atoms with E-state index in [0.29, 0.717) is 38.0 Å². The van der Waals surface area contributed by atoms with E-state index in [1.54, 1.807) is 0 Å². The van der Waals surface area contributed by atoms with Crippen LogP contribution in [0.25, 0.3) is 0 Å². The van der Waals surface area contributed by atoms with Gasteiger partial charge in [0.2, 0.25) is 0 Å². The van der Waals surface area contributed by atoms with Crippen LogP contribution in [0, 0.1) is 5.92 Å². The van der Waals surface area contributed by atoms with E-state index in [1.165, 1.54) is 238 Å². The SMILES string of the molecule is CCCCCCCCCCCCCCCCCCC(=O)OCC(COP(=O)(O)OC1C(OC2OC(CO)C(O)C(O)C2O)C(O)C(O)C(OC(=O)CCCCCCCCCCCCCCCCCC)C1OC1OC(COC(=O)CCCCCCCCCCCCCCCCCC)C(O)C(O)C1O)OC(=O)CCCCCCCCC(C)CCCCCCCC. The molecule has 19 atom stereocenters. The van der Waals surface area contributed by atoms with Crippen molar-refractivity contribution in [1.82, 2.24) is 0 Å². The van der Waals surface area contributed by atoms with Crippen LogP contribution in [0.1, 0.15) is 458 Å². The summed E-state index contributed by atoms with van der Waals surface area (Å²) in [5.41, 5.74) is 0. The van der Waals surface area contributed by atoms with Crippen molar-refractivity contribution in [1.29, 1.82) is 0 Å². The molecule has 1 aliphatic carbocycles. The van der Waals surface area contributed by atoms with Crippen LogP contribution in [-0.2, 0) is 70.7 Å². The fraction of sp³-hybridized carbons (Fsp3) is 0.959. The molecule has 3 rings (SSSR count). The molecule has 3 aliphatic rings. The van der Waals surface area contributed by atoms with Gasteiger partial charge in [-0.05, 0) is 31.6 Å². The third kappa shape index (κ3) is 54.8. The Labute approximate surface area is 744 Å². The van der Waals surface area contributed by atoms with Gasteiger partial charge in [0, 0.05) is 25.7 Å². The van der Waals surface area contributed by atoms with Gasteiger partial charge in [-0.25, -0.2) is 4.57 Å². The molecule has 0 aromatic carbocycles. The lowest BCUT2D eigenvalue weighted by molar-refractivity contribution is -0.360. The number of esters is 4. The van der Waals surface area contributed by atoms with Gasteiger partial charge in [-0.1, -0.05) is 407 Å². The molecule has 0 radical (unpaired) electrons. The Bertz CT molecular complexity index is 2560. The van der Waals surface area contributed by atoms with Gasteiger partial charge in [-0.15, -0.1) is 0 Å². The summed E-state index contributed by atoms with van der Waals surface area (Å²) in [5, 5.41) is 103. The average Bonchev–Trinajstić information content (AvgIpc) is 0.749. The standard InChI is InChI=1S/C97H183O25P/c1-6-10-14-18-22-25-28-31-34-37-40-43-46-49-56-62-68-80(99)113-73-77(116-82(101)70-64-59-53-52-55-61-67-76(5)66-60-54-21-17-13-9-4)74-115-123(111,112)122-95-93(120-96-90(109)86(105)84(103)78(72-98)117-96)89(108)88(107)92(119-83(102)71-65-58-51-48-45-42-39-36-33-30-27-24-20-16-12-8-3)94(95)121-97-91(110)87(106)85(104)79(118-97)75-114-81(100)69-63-57-50-47-44-41-38-35-32-29-26-23-19-15-11-7-2/h76-79,84-98,103-110H,6-75H2,1-5H3,(H,111,112). The first-order chi connectivity index (χ1) is 59.6. The monoisotopic (exact) mass is 1780 g/mol. The molecule has 0 aromatic heterocycles. The van der Waals surface area contributed by atoms with Crippen molar-refractivity contribution in [3.05, 3.63) is 0 Å². The summed E-state index contributed by atoms with van der Waals surface area (Å²) in [5.74, 6) is -2.26. The van der Waals surface area contributed by atoms with Crippen LogP contribution in [0.3, 0.4) is 0 Å². The molecular formula is C97H183O25P. The van der Waals surface area contributed by atoms with Gasteiger partial charge in [-0.2, -0.15) is 0 Å². The summed E-state index contributed by atoms with van der Waals surface area (Å²) < 4.78 is 73.8. The number of ether oxygens (including phenoxy) is 8. The van der Waals surface area contributed by atoms with Crippen LogP contribution in [0.2, 0.25) is 0 Å². The van der Waals surface area contributed by atoms with E-state index in [9.17, 15) is 74.6 Å². The normalized spacial score (nSPS) is 24.6. The molecule has 2 aliphatic heterocycles. The summed E-state index contributed by atoms with van der Waals surface area (Å²) in [6, 6.07) is 0. The number of carbonyl (C=O) groups is 4. The topological polar surface area (TPSA) is 380 Å². The van der Waals surface area contributed by atoms with E-state index in [2.05, 4.69) is 34.6 Å². The van der Waals surface area contributed by atoms with E-state index in [0.717, 1.165) is 128 Å². The summed E-state index contributed by atoms with van der Waals surface area (Å²) in [4.78, 5) is 66.8. The largest absolute Gasteiger partial charge is 0.472 e. The minimum atomic E-state index is -5.81. The zero-order valence-corrected chi connectivity index (χ0v) is 78.8. The second-order valence-electron chi connectivity index (χ2n) is 36.6. The smallest absolute Gasteiger partial charge is 0.463 e. The number of unbranched alkanes of at least 4 members (excludes halogenated alkanes) is 55. The summed E-state index contributed by atoms with van der Waals surface area (Å²) in [6.07, 6.45) is 33.4. The Balaban J connectivity index is 1.89. The summed E-state index contributed by atoms with van der Waals surface area (Å²) in [7, 11) is -5.81. The van der Waals surface area contributed by atoms with Crippen LogP contribution in [0.15, 0.2) is 0 Å². The van der Waals surface area contributed by atoms with Gasteiger partial charge in [-0.3, -0.25) is 28.2 Å². The van der Waals surface area contributed by atoms with Gasteiger partial charge >= 0.3 is 31.7 Å². The maximum atomic E-state index is 15.0. The molecule has 0 spiro atoms. The highest BCUT2D eigenvalue weighted by Gasteiger charge is 2.60. The molecule has 0 aromatic rings. The minimum Gasteiger partial charge on any atom is -0.463 e. The summed E-state index contributed by atoms with van der Waals surface area (Å²) in [6.45, 7) is 8.01. The molecule has 1 saturated carbocycles. The number of carbonyl (C=O) groups excluding carboxylic acids is 4. The van der Waals surface area contributed by atoms with Crippen LogP contribution in [0.5, 0.6) is 0 Å². The highest BCUT2D eigenvalue weighted by Crippen LogP contribution is 2.49. The molecule has 0 bridgehead atoms. The minimum absolute atomic E-state index is 0.0202. The zero-order valence-electron chi connectivity index (χ0n) is 77.9. The van der Waals surface area contributed by atoms with Gasteiger partial charge in [0.1, 0.15) is 92.6 Å². The Kier molecular flexibility index (Phi) is 70.0. The molecule has 2 saturated heterocycles. The second kappa shape index (κ2) is 75.1. The fourth-order valence-electron chi connectivity index (χ4n) is 17.2. The van der Waals surface area contributed by atoms with Crippen molar-refractivity contribution in [3.8, 4) is 0 Å². The predicted molar refractivity (Wildman–Crippen MR) is 481 cm³/mol. The highest BCUT2D eigenvalue weighted by molar-refractivity contribution is 7.47. The van der Waals surface area contributed by atoms with Gasteiger partial charge in [0.05, 0.1) is 13.2 Å². The lowest BCUT2D eigenvalue weighted by Gasteiger charge is -2.50. The molecule has 10 N–H and O–H groups in total. The van der Waals surface area contributed by atoms with Crippen molar-refractivity contribution < 1.29 is 122 Å². The highest BCUT2D eigenvalue weighted by atomic mass is 31.2. The Morgan fingerprint density at radius 1 is 0.317 bits per heavy atom. The maximum absolute atomic E-state index is 15.0. The fourth-order valence-corrected chi connectivity index (χ4v) is 18.1. The lowest BCUT2D eigenvalue weighted by atomic mass is 9.84. The number of aliphatic hydroxyl groups excluding tert-OH is 9. The van der Waals surface area contributed by atoms with Crippen molar-refractivity contribution >= 4 is 31.7 Å².